The van der Waals surface area contributed by atoms with Crippen LogP contribution in [-0.4, -0.2) is 48.0 Å². The molecule has 9 nitrogen and oxygen atoms in total. The lowest BCUT2D eigenvalue weighted by Crippen LogP contribution is -2.22. The number of aryl methyl sites for hydroxylation is 1. The lowest BCUT2D eigenvalue weighted by atomic mass is 10.1. The number of nitrogens with zero attached hydrogens (tertiary/aromatic N) is 6. The van der Waals surface area contributed by atoms with Crippen molar-refractivity contribution in [2.24, 2.45) is 10.8 Å². The van der Waals surface area contributed by atoms with Crippen LogP contribution in [0.1, 0.15) is 24.6 Å². The third kappa shape index (κ3) is 4.43. The fraction of sp³-hybridized carbons (Fsp3) is 0.333. The molecule has 0 aliphatic carbocycles. The molecule has 9 heteroatoms. The van der Waals surface area contributed by atoms with E-state index in [1.165, 1.54) is 6.34 Å². The van der Waals surface area contributed by atoms with Crippen LogP contribution >= 0.6 is 0 Å². The van der Waals surface area contributed by atoms with Crippen LogP contribution in [0.15, 0.2) is 41.4 Å². The van der Waals surface area contributed by atoms with Gasteiger partial charge in [-0.3, -0.25) is 5.01 Å². The number of para-hydroxylation sites is 2. The zero-order valence-electron chi connectivity index (χ0n) is 17.6. The maximum Gasteiger partial charge on any atom is 0.223 e. The van der Waals surface area contributed by atoms with E-state index >= 15 is 0 Å². The quantitative estimate of drug-likeness (QED) is 0.202. The molecule has 1 aliphatic rings. The topological polar surface area (TPSA) is 118 Å². The fourth-order valence-corrected chi connectivity index (χ4v) is 3.33. The van der Waals surface area contributed by atoms with Gasteiger partial charge in [-0.15, -0.1) is 0 Å². The number of fused-ring (bicyclic) bond motifs is 1. The zero-order valence-corrected chi connectivity index (χ0v) is 17.6. The summed E-state index contributed by atoms with van der Waals surface area (Å²) in [7, 11) is 1.86. The number of rotatable bonds is 8. The van der Waals surface area contributed by atoms with Gasteiger partial charge in [-0.25, -0.2) is 9.97 Å². The molecule has 1 aromatic carbocycles. The predicted octanol–water partition coefficient (Wildman–Crippen LogP) is 2.57. The minimum Gasteiger partial charge on any atom is -0.388 e. The number of hydrogen-bond donors (Lipinski definition) is 3. The predicted molar refractivity (Wildman–Crippen MR) is 121 cm³/mol. The van der Waals surface area contributed by atoms with E-state index in [0.29, 0.717) is 23.8 Å². The SMILES string of the molecule is CCN1/C(=C(\C#N)c2nc(NCCCN(C)/N=C\N)ncc2C)Nc2ccccc21. The van der Waals surface area contributed by atoms with Crippen molar-refractivity contribution < 1.29 is 0 Å². The lowest BCUT2D eigenvalue weighted by molar-refractivity contribution is 0.353. The Hall–Kier alpha value is -3.80. The van der Waals surface area contributed by atoms with Crippen molar-refractivity contribution in [2.75, 3.05) is 42.2 Å². The second-order valence-corrected chi connectivity index (χ2v) is 6.87. The van der Waals surface area contributed by atoms with Gasteiger partial charge in [0.25, 0.3) is 0 Å². The van der Waals surface area contributed by atoms with Gasteiger partial charge in [0.2, 0.25) is 5.95 Å². The summed E-state index contributed by atoms with van der Waals surface area (Å²) in [6.45, 7) is 6.13. The van der Waals surface area contributed by atoms with Crippen LogP contribution < -0.4 is 21.3 Å². The molecule has 156 valence electrons. The highest BCUT2D eigenvalue weighted by atomic mass is 15.4. The Bertz CT molecular complexity index is 990. The lowest BCUT2D eigenvalue weighted by Gasteiger charge is -2.19. The smallest absolute Gasteiger partial charge is 0.223 e. The van der Waals surface area contributed by atoms with E-state index in [4.69, 9.17) is 5.73 Å². The van der Waals surface area contributed by atoms with Crippen molar-refractivity contribution in [2.45, 2.75) is 20.3 Å². The zero-order chi connectivity index (χ0) is 21.5. The number of allylic oxidation sites excluding steroid dienone is 1. The third-order valence-corrected chi connectivity index (χ3v) is 4.80. The monoisotopic (exact) mass is 405 g/mol. The molecule has 0 saturated carbocycles. The number of nitriles is 1. The maximum atomic E-state index is 9.99. The molecule has 0 atom stereocenters. The molecule has 0 saturated heterocycles. The molecule has 0 fully saturated rings. The molecule has 0 spiro atoms. The first kappa shape index (κ1) is 20.9. The Morgan fingerprint density at radius 3 is 2.97 bits per heavy atom. The van der Waals surface area contributed by atoms with Crippen LogP contribution in [0.25, 0.3) is 5.57 Å². The molecule has 0 amide bonds. The van der Waals surface area contributed by atoms with Crippen LogP contribution in [-0.2, 0) is 0 Å². The number of hydrazone groups is 1. The highest BCUT2D eigenvalue weighted by Crippen LogP contribution is 2.38. The minimum absolute atomic E-state index is 0.493. The molecule has 0 bridgehead atoms. The standard InChI is InChI=1S/C21H27N9/c1-4-30-18-9-6-5-8-17(18)27-20(30)16(12-22)19-15(2)13-25-21(28-19)24-10-7-11-29(3)26-14-23/h5-6,8-9,13-14,27H,4,7,10-11H2,1-3H3,(H2,23,26)(H,24,25,28)/b20-16+. The van der Waals surface area contributed by atoms with E-state index in [9.17, 15) is 5.26 Å². The summed E-state index contributed by atoms with van der Waals surface area (Å²) in [6.07, 6.45) is 3.85. The molecule has 1 aliphatic heterocycles. The normalized spacial score (nSPS) is 14.3. The van der Waals surface area contributed by atoms with Gasteiger partial charge in [-0.2, -0.15) is 10.4 Å². The molecular weight excluding hydrogens is 378 g/mol. The third-order valence-electron chi connectivity index (χ3n) is 4.80. The van der Waals surface area contributed by atoms with E-state index in [0.717, 1.165) is 42.3 Å². The second kappa shape index (κ2) is 9.60. The van der Waals surface area contributed by atoms with Gasteiger partial charge >= 0.3 is 0 Å². The van der Waals surface area contributed by atoms with Crippen LogP contribution in [0.5, 0.6) is 0 Å². The Morgan fingerprint density at radius 1 is 1.43 bits per heavy atom. The molecule has 2 aromatic rings. The van der Waals surface area contributed by atoms with E-state index in [-0.39, 0.29) is 0 Å². The molecule has 3 rings (SSSR count). The van der Waals surface area contributed by atoms with E-state index in [2.05, 4.69) is 43.6 Å². The van der Waals surface area contributed by atoms with Crippen molar-refractivity contribution in [1.82, 2.24) is 15.0 Å². The first-order chi connectivity index (χ1) is 14.6. The summed E-state index contributed by atoms with van der Waals surface area (Å²) in [5, 5.41) is 22.3. The summed E-state index contributed by atoms with van der Waals surface area (Å²) in [5.74, 6) is 1.24. The highest BCUT2D eigenvalue weighted by molar-refractivity contribution is 5.91. The molecule has 2 heterocycles. The van der Waals surface area contributed by atoms with E-state index < -0.39 is 0 Å². The number of nitrogens with two attached hydrogens (primary N) is 1. The second-order valence-electron chi connectivity index (χ2n) is 6.87. The minimum atomic E-state index is 0.493. The largest absolute Gasteiger partial charge is 0.388 e. The van der Waals surface area contributed by atoms with Crippen LogP contribution in [0.4, 0.5) is 17.3 Å². The van der Waals surface area contributed by atoms with Crippen molar-refractivity contribution in [1.29, 1.82) is 5.26 Å². The Morgan fingerprint density at radius 2 is 2.23 bits per heavy atom. The van der Waals surface area contributed by atoms with Crippen LogP contribution in [0.3, 0.4) is 0 Å². The Labute approximate surface area is 176 Å². The van der Waals surface area contributed by atoms with Crippen molar-refractivity contribution in [3.8, 4) is 6.07 Å². The van der Waals surface area contributed by atoms with Crippen LogP contribution in [0.2, 0.25) is 0 Å². The van der Waals surface area contributed by atoms with E-state index in [1.807, 2.05) is 38.2 Å². The van der Waals surface area contributed by atoms with E-state index in [1.54, 1.807) is 11.2 Å². The van der Waals surface area contributed by atoms with Crippen LogP contribution in [0, 0.1) is 18.3 Å². The van der Waals surface area contributed by atoms with Gasteiger partial charge in [-0.05, 0) is 38.0 Å². The number of hydrogen-bond acceptors (Lipinski definition) is 8. The summed E-state index contributed by atoms with van der Waals surface area (Å²) in [6, 6.07) is 10.4. The van der Waals surface area contributed by atoms with Crippen molar-refractivity contribution in [3.05, 3.63) is 47.5 Å². The highest BCUT2D eigenvalue weighted by Gasteiger charge is 2.27. The van der Waals surface area contributed by atoms with Gasteiger partial charge in [0, 0.05) is 32.9 Å². The first-order valence-electron chi connectivity index (χ1n) is 9.90. The van der Waals surface area contributed by atoms with Crippen molar-refractivity contribution in [3.63, 3.8) is 0 Å². The van der Waals surface area contributed by atoms with Gasteiger partial charge < -0.3 is 21.3 Å². The number of anilines is 3. The van der Waals surface area contributed by atoms with Gasteiger partial charge in [0.05, 0.1) is 17.1 Å². The summed E-state index contributed by atoms with van der Waals surface area (Å²) < 4.78 is 0. The van der Waals surface area contributed by atoms with Gasteiger partial charge in [0.1, 0.15) is 23.8 Å². The molecular formula is C21H27N9. The number of benzene rings is 1. The fourth-order valence-electron chi connectivity index (χ4n) is 3.33. The molecule has 0 radical (unpaired) electrons. The average molecular weight is 406 g/mol. The Balaban J connectivity index is 1.83. The number of nitrogens with one attached hydrogen (secondary N) is 2. The molecule has 1 aromatic heterocycles. The first-order valence-corrected chi connectivity index (χ1v) is 9.90. The maximum absolute atomic E-state index is 9.99. The van der Waals surface area contributed by atoms with Gasteiger partial charge in [0.15, 0.2) is 0 Å². The molecule has 30 heavy (non-hydrogen) atoms. The van der Waals surface area contributed by atoms with Gasteiger partial charge in [-0.1, -0.05) is 12.1 Å². The summed E-state index contributed by atoms with van der Waals surface area (Å²) in [5.41, 5.74) is 9.28. The summed E-state index contributed by atoms with van der Waals surface area (Å²) >= 11 is 0. The Kier molecular flexibility index (Phi) is 6.70. The summed E-state index contributed by atoms with van der Waals surface area (Å²) in [4.78, 5) is 11.1. The van der Waals surface area contributed by atoms with Crippen molar-refractivity contribution >= 4 is 29.2 Å². The average Bonchev–Trinajstić information content (AvgIpc) is 3.12. The molecule has 0 unspecified atom stereocenters. The molecule has 4 N–H and O–H groups in total. The number of aromatic nitrogens is 2.